The first-order chi connectivity index (χ1) is 11.1. The maximum Gasteiger partial charge on any atom is 0.246 e. The molecule has 2 aromatic carbocycles. The van der Waals surface area contributed by atoms with Crippen LogP contribution in [-0.2, 0) is 6.54 Å². The van der Waals surface area contributed by atoms with Gasteiger partial charge in [-0.2, -0.15) is 4.98 Å². The van der Waals surface area contributed by atoms with Crippen LogP contribution in [-0.4, -0.2) is 17.2 Å². The van der Waals surface area contributed by atoms with Crippen LogP contribution in [0.5, 0.6) is 0 Å². The van der Waals surface area contributed by atoms with Crippen LogP contribution < -0.4 is 4.90 Å². The molecule has 0 aliphatic heterocycles. The summed E-state index contributed by atoms with van der Waals surface area (Å²) in [5.74, 6) is 1.76. The Hall–Kier alpha value is -2.62. The smallest absolute Gasteiger partial charge is 0.246 e. The molecular weight excluding hydrogens is 286 g/mol. The summed E-state index contributed by atoms with van der Waals surface area (Å²) in [6, 6.07) is 18.5. The van der Waals surface area contributed by atoms with Gasteiger partial charge in [-0.25, -0.2) is 0 Å². The fraction of sp³-hybridized carbons (Fsp3) is 0.263. The van der Waals surface area contributed by atoms with E-state index in [-0.39, 0.29) is 0 Å². The van der Waals surface area contributed by atoms with Crippen LogP contribution in [0.3, 0.4) is 0 Å². The van der Waals surface area contributed by atoms with E-state index in [1.165, 1.54) is 5.56 Å². The minimum absolute atomic E-state index is 0.518. The van der Waals surface area contributed by atoms with Crippen molar-refractivity contribution in [2.75, 3.05) is 11.9 Å². The van der Waals surface area contributed by atoms with Gasteiger partial charge >= 0.3 is 0 Å². The van der Waals surface area contributed by atoms with Crippen molar-refractivity contribution in [3.05, 3.63) is 66.1 Å². The molecule has 0 spiro atoms. The van der Waals surface area contributed by atoms with E-state index in [1.54, 1.807) is 0 Å². The molecule has 0 unspecified atom stereocenters. The second-order valence-electron chi connectivity index (χ2n) is 5.98. The highest BCUT2D eigenvalue weighted by atomic mass is 16.5. The summed E-state index contributed by atoms with van der Waals surface area (Å²) < 4.78 is 5.39. The summed E-state index contributed by atoms with van der Waals surface area (Å²) >= 11 is 0. The third-order valence-corrected chi connectivity index (χ3v) is 3.87. The third kappa shape index (κ3) is 3.59. The van der Waals surface area contributed by atoms with Gasteiger partial charge < -0.3 is 9.42 Å². The Morgan fingerprint density at radius 3 is 2.35 bits per heavy atom. The molecule has 0 amide bonds. The van der Waals surface area contributed by atoms with E-state index in [2.05, 4.69) is 53.2 Å². The lowest BCUT2D eigenvalue weighted by atomic mass is 10.0. The van der Waals surface area contributed by atoms with Crippen molar-refractivity contribution < 1.29 is 4.52 Å². The average Bonchev–Trinajstić information content (AvgIpc) is 3.04. The Balaban J connectivity index is 1.73. The van der Waals surface area contributed by atoms with E-state index in [4.69, 9.17) is 4.52 Å². The van der Waals surface area contributed by atoms with Gasteiger partial charge in [-0.15, -0.1) is 0 Å². The summed E-state index contributed by atoms with van der Waals surface area (Å²) in [6.45, 7) is 4.95. The van der Waals surface area contributed by atoms with Crippen molar-refractivity contribution in [3.8, 4) is 11.4 Å². The highest BCUT2D eigenvalue weighted by Gasteiger charge is 2.11. The van der Waals surface area contributed by atoms with E-state index in [0.717, 1.165) is 11.3 Å². The van der Waals surface area contributed by atoms with Gasteiger partial charge in [0, 0.05) is 18.3 Å². The molecule has 0 atom stereocenters. The Labute approximate surface area is 136 Å². The van der Waals surface area contributed by atoms with Crippen molar-refractivity contribution >= 4 is 5.69 Å². The zero-order valence-electron chi connectivity index (χ0n) is 13.7. The maximum absolute atomic E-state index is 5.39. The summed E-state index contributed by atoms with van der Waals surface area (Å²) in [4.78, 5) is 6.58. The number of hydrogen-bond acceptors (Lipinski definition) is 4. The molecule has 0 radical (unpaired) electrons. The van der Waals surface area contributed by atoms with E-state index in [9.17, 15) is 0 Å². The Morgan fingerprint density at radius 2 is 1.70 bits per heavy atom. The number of aromatic nitrogens is 2. The van der Waals surface area contributed by atoms with Crippen molar-refractivity contribution in [2.24, 2.45) is 0 Å². The molecule has 4 heteroatoms. The zero-order valence-corrected chi connectivity index (χ0v) is 13.7. The molecule has 0 saturated carbocycles. The molecule has 0 aliphatic carbocycles. The van der Waals surface area contributed by atoms with Gasteiger partial charge in [-0.3, -0.25) is 0 Å². The van der Waals surface area contributed by atoms with Crippen molar-refractivity contribution in [1.29, 1.82) is 0 Å². The number of para-hydroxylation sites is 1. The topological polar surface area (TPSA) is 42.2 Å². The number of benzene rings is 2. The molecule has 1 heterocycles. The summed E-state index contributed by atoms with van der Waals surface area (Å²) in [6.07, 6.45) is 0. The Kier molecular flexibility index (Phi) is 4.42. The fourth-order valence-corrected chi connectivity index (χ4v) is 2.43. The molecule has 3 rings (SSSR count). The van der Waals surface area contributed by atoms with Gasteiger partial charge in [0.05, 0.1) is 6.54 Å². The monoisotopic (exact) mass is 307 g/mol. The van der Waals surface area contributed by atoms with Gasteiger partial charge in [0.25, 0.3) is 0 Å². The molecular formula is C19H21N3O. The molecule has 1 aromatic heterocycles. The molecule has 4 nitrogen and oxygen atoms in total. The minimum atomic E-state index is 0.518. The van der Waals surface area contributed by atoms with Crippen LogP contribution in [0.15, 0.2) is 59.1 Å². The lowest BCUT2D eigenvalue weighted by Gasteiger charge is -2.16. The van der Waals surface area contributed by atoms with Gasteiger partial charge in [-0.05, 0) is 23.6 Å². The van der Waals surface area contributed by atoms with Crippen LogP contribution in [0.25, 0.3) is 11.4 Å². The molecule has 0 aliphatic rings. The quantitative estimate of drug-likeness (QED) is 0.696. The predicted octanol–water partition coefficient (Wildman–Crippen LogP) is 4.50. The number of nitrogens with zero attached hydrogens (tertiary/aromatic N) is 3. The van der Waals surface area contributed by atoms with Crippen LogP contribution in [0.1, 0.15) is 31.2 Å². The molecule has 0 N–H and O–H groups in total. The minimum Gasteiger partial charge on any atom is -0.365 e. The lowest BCUT2D eigenvalue weighted by Crippen LogP contribution is -2.16. The summed E-state index contributed by atoms with van der Waals surface area (Å²) in [5, 5.41) is 4.09. The van der Waals surface area contributed by atoms with Gasteiger partial charge in [0.2, 0.25) is 11.7 Å². The highest BCUT2D eigenvalue weighted by molar-refractivity contribution is 5.55. The van der Waals surface area contributed by atoms with Gasteiger partial charge in [0.15, 0.2) is 0 Å². The summed E-state index contributed by atoms with van der Waals surface area (Å²) in [5.41, 5.74) is 3.40. The van der Waals surface area contributed by atoms with E-state index < -0.39 is 0 Å². The number of anilines is 1. The Bertz CT molecular complexity index is 748. The van der Waals surface area contributed by atoms with E-state index >= 15 is 0 Å². The highest BCUT2D eigenvalue weighted by Crippen LogP contribution is 2.21. The van der Waals surface area contributed by atoms with Crippen molar-refractivity contribution in [1.82, 2.24) is 10.1 Å². The van der Waals surface area contributed by atoms with Crippen molar-refractivity contribution in [2.45, 2.75) is 26.3 Å². The molecule has 0 bridgehead atoms. The first kappa shape index (κ1) is 15.3. The standard InChI is InChI=1S/C19H21N3O/c1-14(2)15-9-11-16(12-10-15)19-20-18(23-21-19)13-22(3)17-7-5-4-6-8-17/h4-12,14H,13H2,1-3H3. The van der Waals surface area contributed by atoms with Crippen LogP contribution >= 0.6 is 0 Å². The fourth-order valence-electron chi connectivity index (χ4n) is 2.43. The van der Waals surface area contributed by atoms with E-state index in [1.807, 2.05) is 37.4 Å². The Morgan fingerprint density at radius 1 is 1.00 bits per heavy atom. The first-order valence-electron chi connectivity index (χ1n) is 7.82. The lowest BCUT2D eigenvalue weighted by molar-refractivity contribution is 0.378. The zero-order chi connectivity index (χ0) is 16.2. The second kappa shape index (κ2) is 6.65. The van der Waals surface area contributed by atoms with Crippen LogP contribution in [0, 0.1) is 0 Å². The molecule has 118 valence electrons. The van der Waals surface area contributed by atoms with Crippen LogP contribution in [0.4, 0.5) is 5.69 Å². The average molecular weight is 307 g/mol. The second-order valence-corrected chi connectivity index (χ2v) is 5.98. The largest absolute Gasteiger partial charge is 0.365 e. The van der Waals surface area contributed by atoms with Gasteiger partial charge in [-0.1, -0.05) is 61.5 Å². The first-order valence-corrected chi connectivity index (χ1v) is 7.82. The van der Waals surface area contributed by atoms with Gasteiger partial charge in [0.1, 0.15) is 0 Å². The molecule has 0 fully saturated rings. The molecule has 23 heavy (non-hydrogen) atoms. The SMILES string of the molecule is CC(C)c1ccc(-c2noc(CN(C)c3ccccc3)n2)cc1. The number of rotatable bonds is 5. The summed E-state index contributed by atoms with van der Waals surface area (Å²) in [7, 11) is 2.01. The predicted molar refractivity (Wildman–Crippen MR) is 92.4 cm³/mol. The normalized spacial score (nSPS) is 11.0. The van der Waals surface area contributed by atoms with Crippen LogP contribution in [0.2, 0.25) is 0 Å². The maximum atomic E-state index is 5.39. The van der Waals surface area contributed by atoms with E-state index in [0.29, 0.717) is 24.2 Å². The number of hydrogen-bond donors (Lipinski definition) is 0. The molecule has 3 aromatic rings. The third-order valence-electron chi connectivity index (χ3n) is 3.87. The molecule has 0 saturated heterocycles. The van der Waals surface area contributed by atoms with Crippen molar-refractivity contribution in [3.63, 3.8) is 0 Å².